The van der Waals surface area contributed by atoms with Crippen LogP contribution in [0.2, 0.25) is 0 Å². The first-order valence-electron chi connectivity index (χ1n) is 9.13. The SMILES string of the molecule is O=c1cc(C2CCCN(Cc3cccc(F)c3F)C2)nc(-c2cnccn2)[nH]1. The summed E-state index contributed by atoms with van der Waals surface area (Å²) in [6.07, 6.45) is 6.39. The topological polar surface area (TPSA) is 74.8 Å². The lowest BCUT2D eigenvalue weighted by atomic mass is 9.94. The molecule has 28 heavy (non-hydrogen) atoms. The van der Waals surface area contributed by atoms with Crippen LogP contribution in [-0.2, 0) is 6.54 Å². The van der Waals surface area contributed by atoms with Crippen LogP contribution in [0, 0.1) is 11.6 Å². The van der Waals surface area contributed by atoms with Crippen molar-refractivity contribution in [3.8, 4) is 11.5 Å². The van der Waals surface area contributed by atoms with Crippen molar-refractivity contribution in [1.29, 1.82) is 0 Å². The molecule has 2 aromatic heterocycles. The molecule has 0 spiro atoms. The smallest absolute Gasteiger partial charge is 0.251 e. The molecular weight excluding hydrogens is 364 g/mol. The monoisotopic (exact) mass is 383 g/mol. The van der Waals surface area contributed by atoms with E-state index >= 15 is 0 Å². The van der Waals surface area contributed by atoms with Crippen molar-refractivity contribution < 1.29 is 8.78 Å². The van der Waals surface area contributed by atoms with Gasteiger partial charge < -0.3 is 4.98 Å². The Balaban J connectivity index is 1.56. The molecule has 0 bridgehead atoms. The summed E-state index contributed by atoms with van der Waals surface area (Å²) < 4.78 is 27.5. The van der Waals surface area contributed by atoms with E-state index in [4.69, 9.17) is 0 Å². The zero-order valence-corrected chi connectivity index (χ0v) is 15.1. The van der Waals surface area contributed by atoms with E-state index in [1.807, 2.05) is 0 Å². The summed E-state index contributed by atoms with van der Waals surface area (Å²) in [6.45, 7) is 1.72. The molecule has 1 aliphatic rings. The number of hydrogen-bond donors (Lipinski definition) is 1. The predicted molar refractivity (Wildman–Crippen MR) is 99.5 cm³/mol. The van der Waals surface area contributed by atoms with Crippen LogP contribution in [0.1, 0.15) is 30.0 Å². The third-order valence-corrected chi connectivity index (χ3v) is 4.92. The minimum absolute atomic E-state index is 0.0306. The Labute approximate surface area is 160 Å². The van der Waals surface area contributed by atoms with Gasteiger partial charge in [-0.2, -0.15) is 0 Å². The number of halogens is 2. The van der Waals surface area contributed by atoms with Crippen LogP contribution >= 0.6 is 0 Å². The maximum atomic E-state index is 14.0. The number of aromatic amines is 1. The van der Waals surface area contributed by atoms with Gasteiger partial charge in [-0.3, -0.25) is 14.7 Å². The molecule has 1 aromatic carbocycles. The number of benzene rings is 1. The van der Waals surface area contributed by atoms with E-state index in [0.29, 0.717) is 35.9 Å². The van der Waals surface area contributed by atoms with Gasteiger partial charge in [0.15, 0.2) is 17.5 Å². The number of likely N-dealkylation sites (tertiary alicyclic amines) is 1. The quantitative estimate of drug-likeness (QED) is 0.750. The summed E-state index contributed by atoms with van der Waals surface area (Å²) in [5.74, 6) is -1.23. The van der Waals surface area contributed by atoms with Crippen LogP contribution in [0.5, 0.6) is 0 Å². The van der Waals surface area contributed by atoms with Gasteiger partial charge in [-0.1, -0.05) is 12.1 Å². The molecule has 0 amide bonds. The first kappa shape index (κ1) is 18.4. The van der Waals surface area contributed by atoms with Crippen LogP contribution in [0.15, 0.2) is 47.7 Å². The van der Waals surface area contributed by atoms with Crippen molar-refractivity contribution >= 4 is 0 Å². The molecule has 144 valence electrons. The highest BCUT2D eigenvalue weighted by atomic mass is 19.2. The first-order valence-corrected chi connectivity index (χ1v) is 9.13. The minimum Gasteiger partial charge on any atom is -0.305 e. The molecule has 1 saturated heterocycles. The molecule has 1 N–H and O–H groups in total. The van der Waals surface area contributed by atoms with Gasteiger partial charge >= 0.3 is 0 Å². The number of hydrogen-bond acceptors (Lipinski definition) is 5. The second-order valence-corrected chi connectivity index (χ2v) is 6.90. The molecule has 1 atom stereocenters. The Kier molecular flexibility index (Phi) is 5.21. The fourth-order valence-corrected chi connectivity index (χ4v) is 3.58. The van der Waals surface area contributed by atoms with Crippen molar-refractivity contribution in [1.82, 2.24) is 24.8 Å². The first-order chi connectivity index (χ1) is 13.6. The highest BCUT2D eigenvalue weighted by Gasteiger charge is 2.24. The number of nitrogens with one attached hydrogen (secondary N) is 1. The van der Waals surface area contributed by atoms with E-state index < -0.39 is 11.6 Å². The minimum atomic E-state index is -0.837. The summed E-state index contributed by atoms with van der Waals surface area (Å²) in [5, 5.41) is 0. The van der Waals surface area contributed by atoms with Crippen LogP contribution in [-0.4, -0.2) is 37.9 Å². The van der Waals surface area contributed by atoms with Gasteiger partial charge in [0.05, 0.1) is 11.9 Å². The molecule has 1 unspecified atom stereocenters. The lowest BCUT2D eigenvalue weighted by Gasteiger charge is -2.32. The molecule has 6 nitrogen and oxygen atoms in total. The average Bonchev–Trinajstić information content (AvgIpc) is 2.72. The van der Waals surface area contributed by atoms with Crippen LogP contribution < -0.4 is 5.56 Å². The van der Waals surface area contributed by atoms with Gasteiger partial charge in [0, 0.05) is 43.0 Å². The van der Waals surface area contributed by atoms with Crippen molar-refractivity contribution in [2.24, 2.45) is 0 Å². The third kappa shape index (κ3) is 3.96. The molecule has 0 saturated carbocycles. The number of aromatic nitrogens is 4. The average molecular weight is 383 g/mol. The maximum Gasteiger partial charge on any atom is 0.251 e. The standard InChI is InChI=1S/C20H19F2N5O/c21-15-5-1-3-14(19(15)22)12-27-8-2-4-13(11-27)16-9-18(28)26-20(25-16)17-10-23-6-7-24-17/h1,3,5-7,9-10,13H,2,4,8,11-12H2,(H,25,26,28). The van der Waals surface area contributed by atoms with Crippen molar-refractivity contribution in [3.63, 3.8) is 0 Å². The molecule has 1 aliphatic heterocycles. The van der Waals surface area contributed by atoms with E-state index in [1.165, 1.54) is 18.3 Å². The molecule has 1 fully saturated rings. The summed E-state index contributed by atoms with van der Waals surface area (Å²) in [6, 6.07) is 5.73. The molecule has 0 radical (unpaired) electrons. The summed E-state index contributed by atoms with van der Waals surface area (Å²) in [4.78, 5) is 29.7. The number of nitrogens with zero attached hydrogens (tertiary/aromatic N) is 4. The highest BCUT2D eigenvalue weighted by Crippen LogP contribution is 2.27. The normalized spacial score (nSPS) is 17.6. The zero-order chi connectivity index (χ0) is 19.5. The van der Waals surface area contributed by atoms with Crippen LogP contribution in [0.25, 0.3) is 11.5 Å². The number of piperidine rings is 1. The second kappa shape index (κ2) is 7.93. The molecule has 4 rings (SSSR count). The van der Waals surface area contributed by atoms with Gasteiger partial charge in [-0.05, 0) is 25.5 Å². The van der Waals surface area contributed by atoms with Crippen LogP contribution in [0.3, 0.4) is 0 Å². The Morgan fingerprint density at radius 2 is 2.14 bits per heavy atom. The van der Waals surface area contributed by atoms with Crippen molar-refractivity contribution in [3.05, 3.63) is 76.1 Å². The zero-order valence-electron chi connectivity index (χ0n) is 15.1. The fraction of sp³-hybridized carbons (Fsp3) is 0.300. The molecule has 0 aliphatic carbocycles. The predicted octanol–water partition coefficient (Wildman–Crippen LogP) is 2.88. The van der Waals surface area contributed by atoms with Crippen molar-refractivity contribution in [2.75, 3.05) is 13.1 Å². The Bertz CT molecular complexity index is 1020. The van der Waals surface area contributed by atoms with E-state index in [-0.39, 0.29) is 11.5 Å². The number of rotatable bonds is 4. The second-order valence-electron chi connectivity index (χ2n) is 6.90. The fourth-order valence-electron chi connectivity index (χ4n) is 3.58. The summed E-state index contributed by atoms with van der Waals surface area (Å²) in [7, 11) is 0. The van der Waals surface area contributed by atoms with E-state index in [9.17, 15) is 13.6 Å². The van der Waals surface area contributed by atoms with E-state index in [1.54, 1.807) is 18.5 Å². The molecule has 8 heteroatoms. The van der Waals surface area contributed by atoms with Gasteiger partial charge in [-0.15, -0.1) is 0 Å². The molecular formula is C20H19F2N5O. The lowest BCUT2D eigenvalue weighted by Crippen LogP contribution is -2.35. The summed E-state index contributed by atoms with van der Waals surface area (Å²) in [5.41, 5.74) is 1.25. The Morgan fingerprint density at radius 1 is 1.25 bits per heavy atom. The Hall–Kier alpha value is -3.00. The van der Waals surface area contributed by atoms with Crippen LogP contribution in [0.4, 0.5) is 8.78 Å². The van der Waals surface area contributed by atoms with Crippen molar-refractivity contribution in [2.45, 2.75) is 25.3 Å². The Morgan fingerprint density at radius 3 is 2.96 bits per heavy atom. The van der Waals surface area contributed by atoms with Gasteiger partial charge in [0.1, 0.15) is 5.69 Å². The number of H-pyrrole nitrogens is 1. The molecule has 3 heterocycles. The van der Waals surface area contributed by atoms with Gasteiger partial charge in [-0.25, -0.2) is 18.7 Å². The van der Waals surface area contributed by atoms with E-state index in [2.05, 4.69) is 24.8 Å². The summed E-state index contributed by atoms with van der Waals surface area (Å²) >= 11 is 0. The lowest BCUT2D eigenvalue weighted by molar-refractivity contribution is 0.195. The largest absolute Gasteiger partial charge is 0.305 e. The maximum absolute atomic E-state index is 14.0. The third-order valence-electron chi connectivity index (χ3n) is 4.92. The van der Waals surface area contributed by atoms with E-state index in [0.717, 1.165) is 25.5 Å². The highest BCUT2D eigenvalue weighted by molar-refractivity contribution is 5.46. The molecule has 3 aromatic rings. The van der Waals surface area contributed by atoms with Gasteiger partial charge in [0.25, 0.3) is 5.56 Å². The van der Waals surface area contributed by atoms with Gasteiger partial charge in [0.2, 0.25) is 0 Å².